The third-order valence-electron chi connectivity index (χ3n) is 3.20. The molecular weight excluding hydrogens is 314 g/mol. The molecule has 0 radical (unpaired) electrons. The Bertz CT molecular complexity index is 637. The molecule has 0 aliphatic carbocycles. The molecule has 2 aromatic carbocycles. The van der Waals surface area contributed by atoms with Crippen molar-refractivity contribution in [2.24, 2.45) is 5.84 Å². The van der Waals surface area contributed by atoms with Gasteiger partial charge in [0, 0.05) is 15.6 Å². The average Bonchev–Trinajstić information content (AvgIpc) is 2.47. The second-order valence-electron chi connectivity index (χ2n) is 4.55. The first-order valence-corrected chi connectivity index (χ1v) is 7.04. The Balaban J connectivity index is 2.35. The first-order valence-electron chi connectivity index (χ1n) is 6.28. The van der Waals surface area contributed by atoms with Crippen LogP contribution in [0.1, 0.15) is 17.2 Å². The van der Waals surface area contributed by atoms with E-state index >= 15 is 0 Å². The van der Waals surface area contributed by atoms with Gasteiger partial charge in [-0.1, -0.05) is 23.2 Å². The molecule has 6 heteroatoms. The monoisotopic (exact) mass is 328 g/mol. The van der Waals surface area contributed by atoms with Crippen LogP contribution in [0.5, 0.6) is 5.75 Å². The number of rotatable bonds is 5. The van der Waals surface area contributed by atoms with Crippen LogP contribution in [-0.4, -0.2) is 7.11 Å². The van der Waals surface area contributed by atoms with Crippen molar-refractivity contribution in [1.82, 2.24) is 5.43 Å². The molecule has 0 spiro atoms. The van der Waals surface area contributed by atoms with E-state index < -0.39 is 6.04 Å². The van der Waals surface area contributed by atoms with Gasteiger partial charge in [0.15, 0.2) is 0 Å². The largest absolute Gasteiger partial charge is 0.496 e. The predicted molar refractivity (Wildman–Crippen MR) is 83.2 cm³/mol. The van der Waals surface area contributed by atoms with Gasteiger partial charge in [0.2, 0.25) is 0 Å². The normalized spacial score (nSPS) is 12.2. The quantitative estimate of drug-likeness (QED) is 0.646. The Morgan fingerprint density at radius 3 is 2.52 bits per heavy atom. The van der Waals surface area contributed by atoms with Crippen molar-refractivity contribution in [2.75, 3.05) is 7.11 Å². The number of halogens is 3. The summed E-state index contributed by atoms with van der Waals surface area (Å²) in [6.45, 7) is 0. The molecule has 2 aromatic rings. The van der Waals surface area contributed by atoms with Gasteiger partial charge < -0.3 is 4.74 Å². The third kappa shape index (κ3) is 3.86. The molecule has 0 aromatic heterocycles. The predicted octanol–water partition coefficient (Wildman–Crippen LogP) is 3.89. The van der Waals surface area contributed by atoms with E-state index in [9.17, 15) is 4.39 Å². The van der Waals surface area contributed by atoms with Crippen LogP contribution in [0.25, 0.3) is 0 Å². The molecule has 0 aliphatic heterocycles. The van der Waals surface area contributed by atoms with Crippen LogP contribution in [0.3, 0.4) is 0 Å². The summed E-state index contributed by atoms with van der Waals surface area (Å²) in [5, 5.41) is 1.03. The number of hydrogen-bond acceptors (Lipinski definition) is 3. The van der Waals surface area contributed by atoms with Gasteiger partial charge in [0.05, 0.1) is 13.2 Å². The van der Waals surface area contributed by atoms with Crippen LogP contribution in [-0.2, 0) is 6.42 Å². The van der Waals surface area contributed by atoms with E-state index in [2.05, 4.69) is 5.43 Å². The van der Waals surface area contributed by atoms with Crippen molar-refractivity contribution in [3.8, 4) is 5.75 Å². The molecule has 21 heavy (non-hydrogen) atoms. The van der Waals surface area contributed by atoms with Crippen LogP contribution >= 0.6 is 23.2 Å². The SMILES string of the molecule is COc1ccc(Cl)cc1CC(NN)c1cc(Cl)ccc1F. The molecule has 2 rings (SSSR count). The molecule has 1 unspecified atom stereocenters. The Morgan fingerprint density at radius 2 is 1.86 bits per heavy atom. The van der Waals surface area contributed by atoms with Gasteiger partial charge in [-0.25, -0.2) is 4.39 Å². The zero-order chi connectivity index (χ0) is 15.4. The molecule has 1 atom stereocenters. The summed E-state index contributed by atoms with van der Waals surface area (Å²) in [7, 11) is 1.57. The summed E-state index contributed by atoms with van der Waals surface area (Å²) in [4.78, 5) is 0. The highest BCUT2D eigenvalue weighted by Crippen LogP contribution is 2.29. The maximum Gasteiger partial charge on any atom is 0.128 e. The fraction of sp³-hybridized carbons (Fsp3) is 0.200. The maximum absolute atomic E-state index is 14.0. The van der Waals surface area contributed by atoms with Gasteiger partial charge >= 0.3 is 0 Å². The van der Waals surface area contributed by atoms with Gasteiger partial charge in [-0.05, 0) is 48.4 Å². The van der Waals surface area contributed by atoms with Gasteiger partial charge in [0.1, 0.15) is 11.6 Å². The lowest BCUT2D eigenvalue weighted by atomic mass is 9.98. The number of hydrogen-bond donors (Lipinski definition) is 2. The third-order valence-corrected chi connectivity index (χ3v) is 3.67. The van der Waals surface area contributed by atoms with Gasteiger partial charge in [-0.15, -0.1) is 0 Å². The first kappa shape index (κ1) is 16.0. The maximum atomic E-state index is 14.0. The zero-order valence-corrected chi connectivity index (χ0v) is 12.9. The van der Waals surface area contributed by atoms with Crippen LogP contribution in [0.4, 0.5) is 4.39 Å². The summed E-state index contributed by atoms with van der Waals surface area (Å²) in [6.07, 6.45) is 0.414. The number of ether oxygens (including phenoxy) is 1. The van der Waals surface area contributed by atoms with E-state index in [0.717, 1.165) is 5.56 Å². The van der Waals surface area contributed by atoms with Gasteiger partial charge in [-0.2, -0.15) is 0 Å². The summed E-state index contributed by atoms with van der Waals surface area (Å²) in [6, 6.07) is 9.18. The average molecular weight is 329 g/mol. The van der Waals surface area contributed by atoms with Crippen molar-refractivity contribution in [3.05, 3.63) is 63.4 Å². The van der Waals surface area contributed by atoms with E-state index in [4.69, 9.17) is 33.8 Å². The minimum atomic E-state index is -0.448. The highest BCUT2D eigenvalue weighted by Gasteiger charge is 2.18. The van der Waals surface area contributed by atoms with Crippen LogP contribution in [0.2, 0.25) is 10.0 Å². The molecule has 0 amide bonds. The second-order valence-corrected chi connectivity index (χ2v) is 5.42. The Hall–Kier alpha value is -1.33. The fourth-order valence-electron chi connectivity index (χ4n) is 2.17. The molecule has 0 saturated carbocycles. The Morgan fingerprint density at radius 1 is 1.19 bits per heavy atom. The molecule has 3 N–H and O–H groups in total. The summed E-state index contributed by atoms with van der Waals surface area (Å²) in [5.41, 5.74) is 3.83. The number of nitrogens with one attached hydrogen (secondary N) is 1. The Labute approximate surface area is 132 Å². The number of benzene rings is 2. The van der Waals surface area contributed by atoms with Crippen molar-refractivity contribution in [1.29, 1.82) is 0 Å². The molecule has 0 bridgehead atoms. The standard InChI is InChI=1S/C15H15Cl2FN2O/c1-21-15-5-3-10(16)6-9(15)7-14(20-19)12-8-11(17)2-4-13(12)18/h2-6,8,14,20H,7,19H2,1H3. The molecule has 0 aliphatic rings. The molecule has 0 heterocycles. The van der Waals surface area contributed by atoms with E-state index in [-0.39, 0.29) is 5.82 Å². The van der Waals surface area contributed by atoms with Crippen LogP contribution < -0.4 is 16.0 Å². The topological polar surface area (TPSA) is 47.3 Å². The summed E-state index contributed by atoms with van der Waals surface area (Å²) in [5.74, 6) is 5.86. The van der Waals surface area contributed by atoms with E-state index in [1.54, 1.807) is 31.4 Å². The zero-order valence-electron chi connectivity index (χ0n) is 11.4. The minimum Gasteiger partial charge on any atom is -0.496 e. The van der Waals surface area contributed by atoms with Crippen molar-refractivity contribution in [2.45, 2.75) is 12.5 Å². The number of nitrogens with two attached hydrogens (primary N) is 1. The van der Waals surface area contributed by atoms with E-state index in [0.29, 0.717) is 27.8 Å². The van der Waals surface area contributed by atoms with Gasteiger partial charge in [-0.3, -0.25) is 11.3 Å². The second kappa shape index (κ2) is 7.09. The lowest BCUT2D eigenvalue weighted by Crippen LogP contribution is -2.30. The molecule has 112 valence electrons. The molecule has 0 fully saturated rings. The van der Waals surface area contributed by atoms with Crippen molar-refractivity contribution in [3.63, 3.8) is 0 Å². The summed E-state index contributed by atoms with van der Waals surface area (Å²) >= 11 is 11.9. The molecular formula is C15H15Cl2FN2O. The fourth-order valence-corrected chi connectivity index (χ4v) is 2.54. The smallest absolute Gasteiger partial charge is 0.128 e. The Kier molecular flexibility index (Phi) is 5.42. The van der Waals surface area contributed by atoms with Crippen molar-refractivity contribution < 1.29 is 9.13 Å². The molecule has 0 saturated heterocycles. The first-order chi connectivity index (χ1) is 10.0. The minimum absolute atomic E-state index is 0.372. The molecule has 3 nitrogen and oxygen atoms in total. The van der Waals surface area contributed by atoms with Crippen LogP contribution in [0, 0.1) is 5.82 Å². The number of methoxy groups -OCH3 is 1. The highest BCUT2D eigenvalue weighted by molar-refractivity contribution is 6.31. The van der Waals surface area contributed by atoms with E-state index in [1.165, 1.54) is 12.1 Å². The van der Waals surface area contributed by atoms with Gasteiger partial charge in [0.25, 0.3) is 0 Å². The number of hydrazine groups is 1. The van der Waals surface area contributed by atoms with E-state index in [1.807, 2.05) is 0 Å². The lowest BCUT2D eigenvalue weighted by Gasteiger charge is -2.19. The van der Waals surface area contributed by atoms with Crippen molar-refractivity contribution >= 4 is 23.2 Å². The summed E-state index contributed by atoms with van der Waals surface area (Å²) < 4.78 is 19.2. The highest BCUT2D eigenvalue weighted by atomic mass is 35.5. The lowest BCUT2D eigenvalue weighted by molar-refractivity contribution is 0.404. The van der Waals surface area contributed by atoms with Crippen LogP contribution in [0.15, 0.2) is 36.4 Å².